The fourth-order valence-corrected chi connectivity index (χ4v) is 2.55. The number of carbonyl (C=O) groups is 1. The van der Waals surface area contributed by atoms with Gasteiger partial charge in [-0.2, -0.15) is 0 Å². The Morgan fingerprint density at radius 3 is 2.95 bits per heavy atom. The molecule has 21 heavy (non-hydrogen) atoms. The van der Waals surface area contributed by atoms with E-state index in [4.69, 9.17) is 4.74 Å². The summed E-state index contributed by atoms with van der Waals surface area (Å²) in [5.74, 6) is 1.16. The summed E-state index contributed by atoms with van der Waals surface area (Å²) in [7, 11) is 1.63. The zero-order chi connectivity index (χ0) is 15.1. The summed E-state index contributed by atoms with van der Waals surface area (Å²) in [6, 6.07) is 11.5. The number of hydrogen-bond donors (Lipinski definition) is 1. The third kappa shape index (κ3) is 4.79. The SMILES string of the molecule is COc1cccc(SCC(=O)NCc2ncccc2C)c1. The van der Waals surface area contributed by atoms with Gasteiger partial charge in [0.2, 0.25) is 5.91 Å². The zero-order valence-electron chi connectivity index (χ0n) is 12.1. The Kier molecular flexibility index (Phi) is 5.63. The van der Waals surface area contributed by atoms with E-state index in [0.717, 1.165) is 21.9 Å². The number of ether oxygens (including phenoxy) is 1. The first-order chi connectivity index (χ1) is 10.2. The minimum Gasteiger partial charge on any atom is -0.497 e. The van der Waals surface area contributed by atoms with E-state index in [1.165, 1.54) is 11.8 Å². The number of benzene rings is 1. The largest absolute Gasteiger partial charge is 0.497 e. The number of nitrogens with zero attached hydrogens (tertiary/aromatic N) is 1. The van der Waals surface area contributed by atoms with Crippen LogP contribution in [-0.2, 0) is 11.3 Å². The first-order valence-electron chi connectivity index (χ1n) is 6.63. The minimum absolute atomic E-state index is 0.00660. The van der Waals surface area contributed by atoms with Crippen molar-refractivity contribution in [3.05, 3.63) is 53.9 Å². The minimum atomic E-state index is -0.00660. The summed E-state index contributed by atoms with van der Waals surface area (Å²) in [5, 5.41) is 2.89. The highest BCUT2D eigenvalue weighted by atomic mass is 32.2. The summed E-state index contributed by atoms with van der Waals surface area (Å²) in [5.41, 5.74) is 1.98. The number of thioether (sulfide) groups is 1. The van der Waals surface area contributed by atoms with Crippen LogP contribution in [0, 0.1) is 6.92 Å². The fourth-order valence-electron chi connectivity index (χ4n) is 1.78. The van der Waals surface area contributed by atoms with E-state index in [-0.39, 0.29) is 5.91 Å². The van der Waals surface area contributed by atoms with Gasteiger partial charge in [-0.05, 0) is 36.8 Å². The number of aryl methyl sites for hydroxylation is 1. The third-order valence-electron chi connectivity index (χ3n) is 2.98. The molecule has 4 nitrogen and oxygen atoms in total. The molecule has 5 heteroatoms. The number of amides is 1. The van der Waals surface area contributed by atoms with Gasteiger partial charge in [0.15, 0.2) is 0 Å². The number of pyridine rings is 1. The number of nitrogens with one attached hydrogen (secondary N) is 1. The maximum atomic E-state index is 11.9. The van der Waals surface area contributed by atoms with Crippen molar-refractivity contribution in [3.63, 3.8) is 0 Å². The lowest BCUT2D eigenvalue weighted by Gasteiger charge is -2.07. The molecule has 1 N–H and O–H groups in total. The van der Waals surface area contributed by atoms with Gasteiger partial charge in [-0.25, -0.2) is 0 Å². The predicted octanol–water partition coefficient (Wildman–Crippen LogP) is 2.81. The third-order valence-corrected chi connectivity index (χ3v) is 3.98. The van der Waals surface area contributed by atoms with Crippen molar-refractivity contribution < 1.29 is 9.53 Å². The Bertz CT molecular complexity index is 617. The first-order valence-corrected chi connectivity index (χ1v) is 7.61. The van der Waals surface area contributed by atoms with Gasteiger partial charge in [0.25, 0.3) is 0 Å². The Labute approximate surface area is 128 Å². The van der Waals surface area contributed by atoms with E-state index >= 15 is 0 Å². The molecule has 2 aromatic rings. The Hall–Kier alpha value is -2.01. The van der Waals surface area contributed by atoms with Gasteiger partial charge in [-0.3, -0.25) is 9.78 Å². The molecular formula is C16H18N2O2S. The van der Waals surface area contributed by atoms with Crippen molar-refractivity contribution in [1.29, 1.82) is 0 Å². The molecule has 0 radical (unpaired) electrons. The summed E-state index contributed by atoms with van der Waals surface area (Å²) >= 11 is 1.48. The van der Waals surface area contributed by atoms with Gasteiger partial charge in [0, 0.05) is 11.1 Å². The summed E-state index contributed by atoms with van der Waals surface area (Å²) in [4.78, 5) is 17.1. The van der Waals surface area contributed by atoms with Crippen LogP contribution >= 0.6 is 11.8 Å². The predicted molar refractivity (Wildman–Crippen MR) is 84.5 cm³/mol. The number of hydrogen-bond acceptors (Lipinski definition) is 4. The van der Waals surface area contributed by atoms with Crippen LogP contribution < -0.4 is 10.1 Å². The van der Waals surface area contributed by atoms with Gasteiger partial charge in [-0.1, -0.05) is 12.1 Å². The quantitative estimate of drug-likeness (QED) is 0.834. The average Bonchev–Trinajstić information content (AvgIpc) is 2.52. The molecule has 0 aliphatic carbocycles. The lowest BCUT2D eigenvalue weighted by Crippen LogP contribution is -2.25. The topological polar surface area (TPSA) is 51.2 Å². The molecule has 0 saturated heterocycles. The molecular weight excluding hydrogens is 284 g/mol. The molecule has 0 bridgehead atoms. The van der Waals surface area contributed by atoms with Crippen molar-refractivity contribution >= 4 is 17.7 Å². The highest BCUT2D eigenvalue weighted by molar-refractivity contribution is 8.00. The lowest BCUT2D eigenvalue weighted by atomic mass is 10.2. The monoisotopic (exact) mass is 302 g/mol. The molecule has 0 atom stereocenters. The summed E-state index contributed by atoms with van der Waals surface area (Å²) < 4.78 is 5.16. The molecule has 2 rings (SSSR count). The van der Waals surface area contributed by atoms with E-state index in [9.17, 15) is 4.79 Å². The van der Waals surface area contributed by atoms with Crippen LogP contribution in [0.25, 0.3) is 0 Å². The second kappa shape index (κ2) is 7.69. The number of carbonyl (C=O) groups excluding carboxylic acids is 1. The van der Waals surface area contributed by atoms with Gasteiger partial charge in [0.1, 0.15) is 5.75 Å². The summed E-state index contributed by atoms with van der Waals surface area (Å²) in [6.45, 7) is 2.45. The second-order valence-corrected chi connectivity index (χ2v) is 5.56. The van der Waals surface area contributed by atoms with Crippen LogP contribution in [0.4, 0.5) is 0 Å². The van der Waals surface area contributed by atoms with E-state index in [1.54, 1.807) is 13.3 Å². The first kappa shape index (κ1) is 15.4. The number of methoxy groups -OCH3 is 1. The van der Waals surface area contributed by atoms with Crippen molar-refractivity contribution in [1.82, 2.24) is 10.3 Å². The number of rotatable bonds is 6. The molecule has 0 unspecified atom stereocenters. The molecule has 0 spiro atoms. The van der Waals surface area contributed by atoms with Crippen molar-refractivity contribution in [3.8, 4) is 5.75 Å². The molecule has 0 aliphatic rings. The summed E-state index contributed by atoms with van der Waals surface area (Å²) in [6.07, 6.45) is 1.74. The molecule has 0 aliphatic heterocycles. The number of aromatic nitrogens is 1. The van der Waals surface area contributed by atoms with Crippen LogP contribution in [0.1, 0.15) is 11.3 Å². The van der Waals surface area contributed by atoms with Gasteiger partial charge in [0.05, 0.1) is 25.1 Å². The van der Waals surface area contributed by atoms with E-state index in [0.29, 0.717) is 12.3 Å². The zero-order valence-corrected chi connectivity index (χ0v) is 12.9. The van der Waals surface area contributed by atoms with Crippen LogP contribution in [0.2, 0.25) is 0 Å². The molecule has 1 heterocycles. The fraction of sp³-hybridized carbons (Fsp3) is 0.250. The van der Waals surface area contributed by atoms with Crippen LogP contribution in [0.5, 0.6) is 5.75 Å². The molecule has 1 aromatic carbocycles. The Balaban J connectivity index is 1.81. The van der Waals surface area contributed by atoms with Gasteiger partial charge >= 0.3 is 0 Å². The Morgan fingerprint density at radius 1 is 1.33 bits per heavy atom. The second-order valence-electron chi connectivity index (χ2n) is 4.51. The van der Waals surface area contributed by atoms with E-state index in [2.05, 4.69) is 10.3 Å². The van der Waals surface area contributed by atoms with Crippen LogP contribution in [-0.4, -0.2) is 23.8 Å². The lowest BCUT2D eigenvalue weighted by molar-refractivity contribution is -0.118. The standard InChI is InChI=1S/C16H18N2O2S/c1-12-5-4-8-17-15(12)10-18-16(19)11-21-14-7-3-6-13(9-14)20-2/h3-9H,10-11H2,1-2H3,(H,18,19). The van der Waals surface area contributed by atoms with Crippen LogP contribution in [0.15, 0.2) is 47.5 Å². The molecule has 1 aromatic heterocycles. The Morgan fingerprint density at radius 2 is 2.19 bits per heavy atom. The maximum Gasteiger partial charge on any atom is 0.230 e. The maximum absolute atomic E-state index is 11.9. The normalized spacial score (nSPS) is 10.2. The molecule has 1 amide bonds. The highest BCUT2D eigenvalue weighted by Crippen LogP contribution is 2.22. The molecule has 0 saturated carbocycles. The average molecular weight is 302 g/mol. The highest BCUT2D eigenvalue weighted by Gasteiger charge is 2.05. The van der Waals surface area contributed by atoms with Crippen molar-refractivity contribution in [2.45, 2.75) is 18.4 Å². The van der Waals surface area contributed by atoms with Gasteiger partial charge < -0.3 is 10.1 Å². The van der Waals surface area contributed by atoms with Crippen molar-refractivity contribution in [2.24, 2.45) is 0 Å². The smallest absolute Gasteiger partial charge is 0.230 e. The van der Waals surface area contributed by atoms with Crippen molar-refractivity contribution in [2.75, 3.05) is 12.9 Å². The van der Waals surface area contributed by atoms with Crippen LogP contribution in [0.3, 0.4) is 0 Å². The molecule has 0 fully saturated rings. The van der Waals surface area contributed by atoms with E-state index < -0.39 is 0 Å². The van der Waals surface area contributed by atoms with E-state index in [1.807, 2.05) is 43.3 Å². The molecule has 110 valence electrons. The van der Waals surface area contributed by atoms with Gasteiger partial charge in [-0.15, -0.1) is 11.8 Å².